The van der Waals surface area contributed by atoms with Crippen molar-refractivity contribution in [3.05, 3.63) is 82.5 Å². The molecule has 1 aliphatic carbocycles. The van der Waals surface area contributed by atoms with Crippen molar-refractivity contribution < 1.29 is 19.1 Å². The van der Waals surface area contributed by atoms with Crippen molar-refractivity contribution >= 4 is 28.8 Å². The molecule has 0 radical (unpaired) electrons. The number of benzene rings is 2. The van der Waals surface area contributed by atoms with Crippen LogP contribution in [0.25, 0.3) is 0 Å². The molecular formula is C27H27N3O4S. The number of aliphatic imine (C=N–C) groups is 1. The zero-order valence-corrected chi connectivity index (χ0v) is 20.5. The Bertz CT molecular complexity index is 1230. The molecule has 1 atom stereocenters. The van der Waals surface area contributed by atoms with Gasteiger partial charge in [0, 0.05) is 11.7 Å². The molecule has 7 nitrogen and oxygen atoms in total. The van der Waals surface area contributed by atoms with Gasteiger partial charge in [-0.3, -0.25) is 4.79 Å². The molecule has 3 aliphatic rings. The summed E-state index contributed by atoms with van der Waals surface area (Å²) in [5, 5.41) is 5.74. The molecule has 1 fully saturated rings. The minimum Gasteiger partial charge on any atom is -0.463 e. The minimum atomic E-state index is -0.490. The first-order valence-corrected chi connectivity index (χ1v) is 12.6. The molecule has 180 valence electrons. The Balaban J connectivity index is 1.51. The number of hydrogen-bond acceptors (Lipinski definition) is 7. The first kappa shape index (κ1) is 23.2. The number of carbonyl (C=O) groups excluding carboxylic acids is 2. The Hall–Kier alpha value is -3.52. The van der Waals surface area contributed by atoms with E-state index in [0.29, 0.717) is 17.0 Å². The molecule has 8 heteroatoms. The van der Waals surface area contributed by atoms with Crippen LogP contribution >= 0.6 is 11.8 Å². The Labute approximate surface area is 208 Å². The third-order valence-corrected chi connectivity index (χ3v) is 6.82. The highest BCUT2D eigenvalue weighted by molar-refractivity contribution is 8.16. The number of carbonyl (C=O) groups is 2. The largest absolute Gasteiger partial charge is 0.463 e. The molecule has 0 aromatic heterocycles. The van der Waals surface area contributed by atoms with Gasteiger partial charge in [0.2, 0.25) is 5.91 Å². The van der Waals surface area contributed by atoms with Crippen LogP contribution in [0.3, 0.4) is 0 Å². The van der Waals surface area contributed by atoms with E-state index in [9.17, 15) is 9.59 Å². The maximum Gasteiger partial charge on any atom is 0.338 e. The zero-order chi connectivity index (χ0) is 24.4. The summed E-state index contributed by atoms with van der Waals surface area (Å²) in [6.07, 6.45) is 2.28. The second-order valence-corrected chi connectivity index (χ2v) is 9.46. The van der Waals surface area contributed by atoms with Gasteiger partial charge in [-0.05, 0) is 61.9 Å². The van der Waals surface area contributed by atoms with Gasteiger partial charge >= 0.3 is 5.97 Å². The van der Waals surface area contributed by atoms with Crippen molar-refractivity contribution in [2.45, 2.75) is 45.2 Å². The molecule has 0 unspecified atom stereocenters. The van der Waals surface area contributed by atoms with Gasteiger partial charge in [-0.25, -0.2) is 9.79 Å². The lowest BCUT2D eigenvalue weighted by molar-refractivity contribution is -0.139. The molecule has 1 amide bonds. The summed E-state index contributed by atoms with van der Waals surface area (Å²) in [6, 6.07) is 17.0. The number of amidine groups is 1. The second kappa shape index (κ2) is 10.00. The zero-order valence-electron chi connectivity index (χ0n) is 19.7. The van der Waals surface area contributed by atoms with Crippen LogP contribution in [0.5, 0.6) is 11.5 Å². The summed E-state index contributed by atoms with van der Waals surface area (Å²) in [5.74, 6) is 0.944. The smallest absolute Gasteiger partial charge is 0.338 e. The van der Waals surface area contributed by atoms with Gasteiger partial charge in [-0.1, -0.05) is 42.1 Å². The average Bonchev–Trinajstić information content (AvgIpc) is 3.58. The Morgan fingerprint density at radius 2 is 1.89 bits per heavy atom. The molecular weight excluding hydrogens is 462 g/mol. The molecule has 0 spiro atoms. The number of nitrogens with one attached hydrogen (secondary N) is 1. The monoisotopic (exact) mass is 489 g/mol. The number of allylic oxidation sites excluding steroid dienone is 1. The van der Waals surface area contributed by atoms with E-state index in [-0.39, 0.29) is 25.0 Å². The molecule has 1 saturated carbocycles. The normalized spacial score (nSPS) is 19.0. The summed E-state index contributed by atoms with van der Waals surface area (Å²) < 4.78 is 11.5. The molecule has 0 saturated heterocycles. The lowest BCUT2D eigenvalue weighted by atomic mass is 9.93. The van der Waals surface area contributed by atoms with Crippen LogP contribution in [0.15, 0.2) is 82.0 Å². The molecule has 35 heavy (non-hydrogen) atoms. The topological polar surface area (TPSA) is 80.2 Å². The third-order valence-electron chi connectivity index (χ3n) is 5.93. The van der Waals surface area contributed by atoms with Crippen LogP contribution in [-0.2, 0) is 14.3 Å². The van der Waals surface area contributed by atoms with E-state index in [1.807, 2.05) is 71.8 Å². The second-order valence-electron chi connectivity index (χ2n) is 8.62. The van der Waals surface area contributed by atoms with Crippen LogP contribution in [0.1, 0.15) is 44.7 Å². The van der Waals surface area contributed by atoms with E-state index in [1.54, 1.807) is 6.92 Å². The van der Waals surface area contributed by atoms with Crippen molar-refractivity contribution in [2.24, 2.45) is 4.99 Å². The number of amides is 1. The van der Waals surface area contributed by atoms with Crippen LogP contribution in [-0.4, -0.2) is 34.6 Å². The Kier molecular flexibility index (Phi) is 6.63. The highest BCUT2D eigenvalue weighted by atomic mass is 32.2. The number of esters is 1. The van der Waals surface area contributed by atoms with E-state index in [1.165, 1.54) is 11.8 Å². The van der Waals surface area contributed by atoms with Gasteiger partial charge in [0.1, 0.15) is 11.5 Å². The van der Waals surface area contributed by atoms with Crippen molar-refractivity contribution in [2.75, 3.05) is 6.61 Å². The Morgan fingerprint density at radius 1 is 1.11 bits per heavy atom. The molecule has 5 rings (SSSR count). The highest BCUT2D eigenvalue weighted by Gasteiger charge is 2.41. The lowest BCUT2D eigenvalue weighted by Crippen LogP contribution is -2.38. The van der Waals surface area contributed by atoms with Gasteiger partial charge in [0.05, 0.1) is 30.3 Å². The fraction of sp³-hybridized carbons (Fsp3) is 0.296. The molecule has 2 aliphatic heterocycles. The number of rotatable bonds is 8. The first-order chi connectivity index (χ1) is 17.0. The standard InChI is InChI=1S/C27H27N3O4S/c1-3-33-26(32)24-17(2)28-27-30(20(16-35-27)15-23(31)29-19-12-13-19)25(24)18-8-7-11-22(14-18)34-21-9-5-4-6-10-21/h4-11,14,16,19,25H,3,12-13,15H2,1-2H3,(H,29,31)/t25-/m1/s1. The first-order valence-electron chi connectivity index (χ1n) is 11.8. The fourth-order valence-electron chi connectivity index (χ4n) is 4.20. The predicted octanol–water partition coefficient (Wildman–Crippen LogP) is 5.29. The summed E-state index contributed by atoms with van der Waals surface area (Å²) in [6.45, 7) is 3.87. The third kappa shape index (κ3) is 5.12. The van der Waals surface area contributed by atoms with Gasteiger partial charge in [0.15, 0.2) is 5.17 Å². The van der Waals surface area contributed by atoms with E-state index >= 15 is 0 Å². The van der Waals surface area contributed by atoms with Crippen LogP contribution in [0, 0.1) is 0 Å². The molecule has 0 bridgehead atoms. The SMILES string of the molecule is CCOC(=O)C1=C(C)N=C2SC=C(CC(=O)NC3CC3)N2[C@@H]1c1cccc(Oc2ccccc2)c1. The Morgan fingerprint density at radius 3 is 2.63 bits per heavy atom. The maximum absolute atomic E-state index is 13.1. The van der Waals surface area contributed by atoms with Crippen LogP contribution in [0.2, 0.25) is 0 Å². The lowest BCUT2D eigenvalue weighted by Gasteiger charge is -2.36. The summed E-state index contributed by atoms with van der Waals surface area (Å²) in [5.41, 5.74) is 2.73. The van der Waals surface area contributed by atoms with Gasteiger partial charge in [-0.2, -0.15) is 0 Å². The van der Waals surface area contributed by atoms with Crippen molar-refractivity contribution in [1.82, 2.24) is 10.2 Å². The summed E-state index contributed by atoms with van der Waals surface area (Å²) in [7, 11) is 0. The van der Waals surface area contributed by atoms with E-state index in [4.69, 9.17) is 14.5 Å². The van der Waals surface area contributed by atoms with Crippen molar-refractivity contribution in [3.63, 3.8) is 0 Å². The van der Waals surface area contributed by atoms with Gasteiger partial charge < -0.3 is 19.7 Å². The number of hydrogen-bond donors (Lipinski definition) is 1. The number of nitrogens with zero attached hydrogens (tertiary/aromatic N) is 2. The number of ether oxygens (including phenoxy) is 2. The number of fused-ring (bicyclic) bond motifs is 1. The van der Waals surface area contributed by atoms with Crippen molar-refractivity contribution in [3.8, 4) is 11.5 Å². The fourth-order valence-corrected chi connectivity index (χ4v) is 5.16. The van der Waals surface area contributed by atoms with Gasteiger partial charge in [0.25, 0.3) is 0 Å². The molecule has 2 aromatic carbocycles. The quantitative estimate of drug-likeness (QED) is 0.508. The highest BCUT2D eigenvalue weighted by Crippen LogP contribution is 2.45. The average molecular weight is 490 g/mol. The maximum atomic E-state index is 13.1. The molecule has 1 N–H and O–H groups in total. The van der Waals surface area contributed by atoms with Crippen molar-refractivity contribution in [1.29, 1.82) is 0 Å². The van der Waals surface area contributed by atoms with Crippen LogP contribution < -0.4 is 10.1 Å². The molecule has 2 heterocycles. The van der Waals surface area contributed by atoms with Crippen LogP contribution in [0.4, 0.5) is 0 Å². The molecule has 2 aromatic rings. The van der Waals surface area contributed by atoms with E-state index in [2.05, 4.69) is 5.32 Å². The summed E-state index contributed by atoms with van der Waals surface area (Å²) in [4.78, 5) is 32.5. The van der Waals surface area contributed by atoms with Gasteiger partial charge in [-0.15, -0.1) is 0 Å². The number of para-hydroxylation sites is 1. The van der Waals surface area contributed by atoms with E-state index in [0.717, 1.165) is 35.0 Å². The number of thioether (sulfide) groups is 1. The minimum absolute atomic E-state index is 0.0236. The summed E-state index contributed by atoms with van der Waals surface area (Å²) >= 11 is 1.46. The van der Waals surface area contributed by atoms with E-state index < -0.39 is 12.0 Å². The predicted molar refractivity (Wildman–Crippen MR) is 136 cm³/mol.